The lowest BCUT2D eigenvalue weighted by atomic mass is 10.0. The summed E-state index contributed by atoms with van der Waals surface area (Å²) >= 11 is 0. The number of carbonyl (C=O) groups is 2. The first kappa shape index (κ1) is 32.2. The fraction of sp³-hybridized carbons (Fsp3) is 0.103. The van der Waals surface area contributed by atoms with E-state index in [0.29, 0.717) is 23.5 Å². The molecule has 5 aromatic carbocycles. The van der Waals surface area contributed by atoms with Crippen LogP contribution in [0.2, 0.25) is 0 Å². The largest absolute Gasteiger partial charge is 0.457 e. The van der Waals surface area contributed by atoms with Gasteiger partial charge in [0.05, 0.1) is 5.56 Å². The summed E-state index contributed by atoms with van der Waals surface area (Å²) in [7, 11) is 0. The topological polar surface area (TPSA) is 82.8 Å². The number of hydrogen-bond donors (Lipinski definition) is 0. The molecule has 0 N–H and O–H groups in total. The molecule has 0 saturated carbocycles. The molecule has 0 aliphatic carbocycles. The smallest absolute Gasteiger partial charge is 0.338 e. The van der Waals surface area contributed by atoms with Crippen LogP contribution in [0.5, 0.6) is 5.75 Å². The molecule has 0 saturated heterocycles. The summed E-state index contributed by atoms with van der Waals surface area (Å²) in [6, 6.07) is 47.2. The minimum absolute atomic E-state index is 0.276. The summed E-state index contributed by atoms with van der Waals surface area (Å²) in [6.45, 7) is 1.74. The van der Waals surface area contributed by atoms with Crippen LogP contribution in [-0.4, -0.2) is 11.9 Å². The van der Waals surface area contributed by atoms with E-state index in [1.807, 2.05) is 109 Å². The number of esters is 2. The lowest BCUT2D eigenvalue weighted by Gasteiger charge is -2.08. The minimum atomic E-state index is -0.302. The van der Waals surface area contributed by atoms with Crippen molar-refractivity contribution in [3.05, 3.63) is 184 Å². The van der Waals surface area contributed by atoms with E-state index in [9.17, 15) is 14.4 Å². The van der Waals surface area contributed by atoms with Crippen LogP contribution in [0.1, 0.15) is 34.0 Å². The SMILES string of the molecule is CC(=O)Oc1ccccc1CCc1ccccc1.O=C(OCc1ccccc1)c1ccccc1.O=c1ccc2ccccc2o1. The van der Waals surface area contributed by atoms with Gasteiger partial charge in [-0.15, -0.1) is 0 Å². The van der Waals surface area contributed by atoms with Gasteiger partial charge in [-0.1, -0.05) is 115 Å². The third-order valence-corrected chi connectivity index (χ3v) is 6.50. The fourth-order valence-corrected chi connectivity index (χ4v) is 4.28. The number of fused-ring (bicyclic) bond motifs is 1. The second kappa shape index (κ2) is 17.4. The molecule has 0 spiro atoms. The van der Waals surface area contributed by atoms with Crippen LogP contribution in [0.15, 0.2) is 161 Å². The first-order valence-corrected chi connectivity index (χ1v) is 14.5. The molecule has 0 fully saturated rings. The second-order valence-electron chi connectivity index (χ2n) is 9.91. The van der Waals surface area contributed by atoms with Crippen LogP contribution in [0.3, 0.4) is 0 Å². The van der Waals surface area contributed by atoms with Crippen molar-refractivity contribution < 1.29 is 23.5 Å². The van der Waals surface area contributed by atoms with E-state index >= 15 is 0 Å². The van der Waals surface area contributed by atoms with E-state index in [2.05, 4.69) is 12.1 Å². The summed E-state index contributed by atoms with van der Waals surface area (Å²) in [5.41, 5.74) is 4.26. The van der Waals surface area contributed by atoms with Crippen LogP contribution in [-0.2, 0) is 29.0 Å². The van der Waals surface area contributed by atoms with Crippen molar-refractivity contribution in [2.24, 2.45) is 0 Å². The third kappa shape index (κ3) is 11.1. The van der Waals surface area contributed by atoms with E-state index in [1.165, 1.54) is 18.6 Å². The van der Waals surface area contributed by atoms with Crippen molar-refractivity contribution in [2.45, 2.75) is 26.4 Å². The number of aryl methyl sites for hydroxylation is 2. The van der Waals surface area contributed by atoms with Crippen LogP contribution >= 0.6 is 0 Å². The number of para-hydroxylation sites is 2. The van der Waals surface area contributed by atoms with Crippen molar-refractivity contribution in [3.63, 3.8) is 0 Å². The molecule has 0 radical (unpaired) electrons. The van der Waals surface area contributed by atoms with Crippen LogP contribution in [0.25, 0.3) is 11.0 Å². The lowest BCUT2D eigenvalue weighted by Crippen LogP contribution is -2.04. The molecule has 0 unspecified atom stereocenters. The zero-order chi connectivity index (χ0) is 31.7. The average Bonchev–Trinajstić information content (AvgIpc) is 3.08. The van der Waals surface area contributed by atoms with Gasteiger partial charge < -0.3 is 13.9 Å². The lowest BCUT2D eigenvalue weighted by molar-refractivity contribution is -0.131. The fourth-order valence-electron chi connectivity index (χ4n) is 4.28. The number of ether oxygens (including phenoxy) is 2. The third-order valence-electron chi connectivity index (χ3n) is 6.50. The first-order chi connectivity index (χ1) is 22.0. The predicted molar refractivity (Wildman–Crippen MR) is 176 cm³/mol. The number of benzene rings is 5. The Morgan fingerprint density at radius 3 is 1.87 bits per heavy atom. The summed E-state index contributed by atoms with van der Waals surface area (Å²) in [4.78, 5) is 33.3. The first-order valence-electron chi connectivity index (χ1n) is 14.5. The zero-order valence-electron chi connectivity index (χ0n) is 25.0. The summed E-state index contributed by atoms with van der Waals surface area (Å²) in [6.07, 6.45) is 1.81. The maximum Gasteiger partial charge on any atom is 0.338 e. The van der Waals surface area contributed by atoms with Gasteiger partial charge in [0.2, 0.25) is 0 Å². The van der Waals surface area contributed by atoms with Gasteiger partial charge in [0.15, 0.2) is 0 Å². The highest BCUT2D eigenvalue weighted by Crippen LogP contribution is 2.20. The molecule has 6 rings (SSSR count). The van der Waals surface area contributed by atoms with Gasteiger partial charge in [-0.2, -0.15) is 0 Å². The molecule has 0 atom stereocenters. The van der Waals surface area contributed by atoms with Gasteiger partial charge >= 0.3 is 17.6 Å². The molecule has 6 aromatic rings. The maximum atomic E-state index is 11.6. The molecule has 0 aliphatic rings. The van der Waals surface area contributed by atoms with Crippen molar-refractivity contribution in [1.82, 2.24) is 0 Å². The molecular weight excluding hydrogens is 564 g/mol. The van der Waals surface area contributed by atoms with Crippen LogP contribution in [0, 0.1) is 0 Å². The minimum Gasteiger partial charge on any atom is -0.457 e. The van der Waals surface area contributed by atoms with Gasteiger partial charge in [0, 0.05) is 18.4 Å². The zero-order valence-corrected chi connectivity index (χ0v) is 25.0. The van der Waals surface area contributed by atoms with Gasteiger partial charge in [-0.25, -0.2) is 9.59 Å². The predicted octanol–water partition coefficient (Wildman–Crippen LogP) is 8.23. The average molecular weight is 599 g/mol. The molecule has 226 valence electrons. The highest BCUT2D eigenvalue weighted by Gasteiger charge is 2.06. The molecule has 0 amide bonds. The Balaban J connectivity index is 0.000000158. The number of hydrogen-bond acceptors (Lipinski definition) is 6. The Kier molecular flexibility index (Phi) is 12.4. The molecule has 6 nitrogen and oxygen atoms in total. The van der Waals surface area contributed by atoms with Gasteiger partial charge in [0.1, 0.15) is 17.9 Å². The van der Waals surface area contributed by atoms with Crippen molar-refractivity contribution in [1.29, 1.82) is 0 Å². The second-order valence-corrected chi connectivity index (χ2v) is 9.91. The number of rotatable bonds is 7. The Morgan fingerprint density at radius 1 is 0.600 bits per heavy atom. The normalized spacial score (nSPS) is 9.98. The van der Waals surface area contributed by atoms with E-state index < -0.39 is 0 Å². The van der Waals surface area contributed by atoms with Gasteiger partial charge in [-0.3, -0.25) is 4.79 Å². The summed E-state index contributed by atoms with van der Waals surface area (Å²) in [5, 5.41) is 0.951. The molecule has 0 aliphatic heterocycles. The molecule has 6 heteroatoms. The molecular formula is C39H34O6. The Morgan fingerprint density at radius 2 is 1.18 bits per heavy atom. The summed E-state index contributed by atoms with van der Waals surface area (Å²) in [5.74, 6) is 0.104. The molecule has 1 aromatic heterocycles. The molecule has 45 heavy (non-hydrogen) atoms. The van der Waals surface area contributed by atoms with Crippen LogP contribution < -0.4 is 10.4 Å². The van der Waals surface area contributed by atoms with E-state index in [-0.39, 0.29) is 17.6 Å². The van der Waals surface area contributed by atoms with Crippen molar-refractivity contribution >= 4 is 22.9 Å². The maximum absolute atomic E-state index is 11.6. The van der Waals surface area contributed by atoms with Gasteiger partial charge in [-0.05, 0) is 59.9 Å². The highest BCUT2D eigenvalue weighted by molar-refractivity contribution is 5.89. The Bertz CT molecular complexity index is 1830. The van der Waals surface area contributed by atoms with E-state index in [0.717, 1.165) is 29.4 Å². The Hall–Kier alpha value is -5.75. The molecule has 0 bridgehead atoms. The quantitative estimate of drug-likeness (QED) is 0.105. The van der Waals surface area contributed by atoms with Gasteiger partial charge in [0.25, 0.3) is 0 Å². The monoisotopic (exact) mass is 598 g/mol. The number of carbonyl (C=O) groups excluding carboxylic acids is 2. The van der Waals surface area contributed by atoms with E-state index in [1.54, 1.807) is 24.3 Å². The standard InChI is InChI=1S/C16H16O2.C14H12O2.C9H6O2/c1-13(17)18-16-10-6-5-9-15(16)12-11-14-7-3-2-4-8-14;15-14(13-9-5-2-6-10-13)16-11-12-7-3-1-4-8-12;10-9-6-5-7-3-1-2-4-8(7)11-9/h2-10H,11-12H2,1H3;1-10H,11H2;1-6H. The van der Waals surface area contributed by atoms with Crippen molar-refractivity contribution in [3.8, 4) is 5.75 Å². The van der Waals surface area contributed by atoms with Crippen LogP contribution in [0.4, 0.5) is 0 Å². The highest BCUT2D eigenvalue weighted by atomic mass is 16.5. The van der Waals surface area contributed by atoms with E-state index in [4.69, 9.17) is 13.9 Å². The van der Waals surface area contributed by atoms with Crippen molar-refractivity contribution in [2.75, 3.05) is 0 Å². The Labute approximate surface area is 262 Å². The molecule has 1 heterocycles. The summed E-state index contributed by atoms with van der Waals surface area (Å²) < 4.78 is 15.3.